The number of likely N-dealkylation sites (N-methyl/N-ethyl adjacent to an activating group) is 1. The first-order chi connectivity index (χ1) is 26.5. The topological polar surface area (TPSA) is 188 Å². The van der Waals surface area contributed by atoms with E-state index in [0.29, 0.717) is 51.7 Å². The number of phenolic OH excluding ortho intramolecular Hbond substituents is 1. The van der Waals surface area contributed by atoms with Crippen molar-refractivity contribution in [3.05, 3.63) is 85.2 Å². The first kappa shape index (κ1) is 40.2. The zero-order valence-electron chi connectivity index (χ0n) is 30.2. The van der Waals surface area contributed by atoms with Gasteiger partial charge in [0, 0.05) is 42.9 Å². The normalized spacial score (nSPS) is 17.5. The Labute approximate surface area is 330 Å². The number of halogens is 1. The lowest BCUT2D eigenvalue weighted by Crippen LogP contribution is -2.42. The van der Waals surface area contributed by atoms with E-state index in [1.54, 1.807) is 36.4 Å². The van der Waals surface area contributed by atoms with E-state index in [9.17, 15) is 29.7 Å². The van der Waals surface area contributed by atoms with E-state index in [4.69, 9.17) is 30.5 Å². The molecule has 1 aliphatic carbocycles. The quantitative estimate of drug-likeness (QED) is 0.0645. The number of rotatable bonds is 15. The molecule has 2 aromatic carbocycles. The number of aromatic hydroxyl groups is 1. The Morgan fingerprint density at radius 2 is 1.82 bits per heavy atom. The molecular formula is C38H43ClN4O10S2. The summed E-state index contributed by atoms with van der Waals surface area (Å²) in [5.41, 5.74) is -0.348. The number of aliphatic hydroxyl groups excluding tert-OH is 1. The van der Waals surface area contributed by atoms with Crippen molar-refractivity contribution in [1.82, 2.24) is 10.2 Å². The number of methoxy groups -OCH3 is 1. The van der Waals surface area contributed by atoms with Crippen LogP contribution in [0.5, 0.6) is 17.2 Å². The first-order valence-electron chi connectivity index (χ1n) is 17.7. The number of nitrogens with one attached hydrogen (secondary N) is 3. The van der Waals surface area contributed by atoms with Crippen molar-refractivity contribution < 1.29 is 48.7 Å². The van der Waals surface area contributed by atoms with Crippen molar-refractivity contribution in [3.63, 3.8) is 0 Å². The average molecular weight is 815 g/mol. The second-order valence-electron chi connectivity index (χ2n) is 13.2. The first-order valence-corrected chi connectivity index (χ1v) is 19.8. The predicted molar refractivity (Wildman–Crippen MR) is 208 cm³/mol. The summed E-state index contributed by atoms with van der Waals surface area (Å²) in [6, 6.07) is 13.4. The smallest absolute Gasteiger partial charge is 0.411 e. The number of amides is 2. The van der Waals surface area contributed by atoms with Gasteiger partial charge < -0.3 is 49.8 Å². The Kier molecular flexibility index (Phi) is 13.2. The van der Waals surface area contributed by atoms with Gasteiger partial charge in [-0.3, -0.25) is 10.1 Å². The fourth-order valence-electron chi connectivity index (χ4n) is 6.66. The highest BCUT2D eigenvalue weighted by Crippen LogP contribution is 2.42. The summed E-state index contributed by atoms with van der Waals surface area (Å²) in [4.78, 5) is 40.9. The highest BCUT2D eigenvalue weighted by Gasteiger charge is 2.45. The molecule has 0 bridgehead atoms. The van der Waals surface area contributed by atoms with Gasteiger partial charge in [-0.1, -0.05) is 23.7 Å². The van der Waals surface area contributed by atoms with Crippen LogP contribution in [0.3, 0.4) is 0 Å². The molecule has 2 aromatic heterocycles. The van der Waals surface area contributed by atoms with Gasteiger partial charge in [-0.25, -0.2) is 9.59 Å². The van der Waals surface area contributed by atoms with Gasteiger partial charge in [-0.05, 0) is 73.8 Å². The molecule has 0 spiro atoms. The number of fused-ring (bicyclic) bond motifs is 1. The summed E-state index contributed by atoms with van der Waals surface area (Å²) < 4.78 is 22.3. The Morgan fingerprint density at radius 3 is 2.47 bits per heavy atom. The van der Waals surface area contributed by atoms with Crippen LogP contribution < -0.4 is 25.4 Å². The number of hydrogen-bond donors (Lipinski definition) is 6. The Balaban J connectivity index is 0.933. The fourth-order valence-corrected chi connectivity index (χ4v) is 8.60. The highest BCUT2D eigenvalue weighted by molar-refractivity contribution is 7.12. The average Bonchev–Trinajstić information content (AvgIpc) is 3.93. The molecule has 1 saturated carbocycles. The molecule has 14 nitrogen and oxygen atoms in total. The molecule has 17 heteroatoms. The lowest BCUT2D eigenvalue weighted by molar-refractivity contribution is -0.169. The zero-order valence-corrected chi connectivity index (χ0v) is 32.6. The molecule has 1 fully saturated rings. The van der Waals surface area contributed by atoms with Crippen LogP contribution in [0.1, 0.15) is 52.7 Å². The SMILES string of the molecule is COc1cc(NC(=O)OCCN(C)C2CCC(OC(=O)C(O)(c3cccs3)c3cccs3)CC2)c(Cl)cc1CNCC(O)c1ccc(O)c2c1OCC(=O)N2. The Hall–Kier alpha value is -4.42. The molecule has 4 aromatic rings. The van der Waals surface area contributed by atoms with Gasteiger partial charge in [-0.2, -0.15) is 0 Å². The molecule has 1 atom stereocenters. The van der Waals surface area contributed by atoms with Crippen LogP contribution >= 0.6 is 34.3 Å². The molecule has 1 unspecified atom stereocenters. The van der Waals surface area contributed by atoms with E-state index in [-0.39, 0.29) is 60.7 Å². The van der Waals surface area contributed by atoms with E-state index in [1.165, 1.54) is 41.9 Å². The molecule has 294 valence electrons. The second-order valence-corrected chi connectivity index (χ2v) is 15.6. The van der Waals surface area contributed by atoms with Crippen LogP contribution in [-0.2, 0) is 31.2 Å². The molecule has 3 heterocycles. The third-order valence-electron chi connectivity index (χ3n) is 9.67. The molecule has 55 heavy (non-hydrogen) atoms. The third-order valence-corrected chi connectivity index (χ3v) is 11.9. The largest absolute Gasteiger partial charge is 0.506 e. The van der Waals surface area contributed by atoms with Gasteiger partial charge in [0.25, 0.3) is 5.91 Å². The number of carbonyl (C=O) groups is 3. The summed E-state index contributed by atoms with van der Waals surface area (Å²) in [6.45, 7) is 0.744. The lowest BCUT2D eigenvalue weighted by atomic mass is 9.91. The predicted octanol–water partition coefficient (Wildman–Crippen LogP) is 5.60. The standard InChI is InChI=1S/C38H43ClN4O10S2/c1-43(23-7-9-24(10-8-23)53-36(47)38(49,31-5-3-15-54-31)32-6-4-16-55-32)13-14-51-37(48)41-27-18-30(50-2)22(17-26(27)39)19-40-20-29(45)25-11-12-28(44)34-35(25)52-21-33(46)42-34/h3-6,11-12,15-18,23-24,29,40,44-45,49H,7-10,13-14,19-21H2,1-2H3,(H,41,48)(H,42,46). The van der Waals surface area contributed by atoms with Gasteiger partial charge in [0.1, 0.15) is 29.9 Å². The summed E-state index contributed by atoms with van der Waals surface area (Å²) in [5, 5.41) is 44.7. The summed E-state index contributed by atoms with van der Waals surface area (Å²) in [7, 11) is 3.45. The number of anilines is 2. The molecule has 6 N–H and O–H groups in total. The molecule has 0 radical (unpaired) electrons. The zero-order chi connectivity index (χ0) is 39.1. The van der Waals surface area contributed by atoms with Crippen molar-refractivity contribution in [2.75, 3.05) is 51.1 Å². The second kappa shape index (κ2) is 18.0. The highest BCUT2D eigenvalue weighted by atomic mass is 35.5. The van der Waals surface area contributed by atoms with Crippen LogP contribution in [0.4, 0.5) is 16.2 Å². The number of aliphatic hydroxyl groups is 2. The summed E-state index contributed by atoms with van der Waals surface area (Å²) in [6.07, 6.45) is 0.839. The molecule has 2 aliphatic rings. The van der Waals surface area contributed by atoms with Crippen molar-refractivity contribution in [1.29, 1.82) is 0 Å². The van der Waals surface area contributed by atoms with Crippen LogP contribution in [0, 0.1) is 0 Å². The van der Waals surface area contributed by atoms with Gasteiger partial charge >= 0.3 is 12.1 Å². The van der Waals surface area contributed by atoms with Gasteiger partial charge in [0.15, 0.2) is 12.4 Å². The number of thiophene rings is 2. The lowest BCUT2D eigenvalue weighted by Gasteiger charge is -2.35. The Bertz CT molecular complexity index is 1920. The summed E-state index contributed by atoms with van der Waals surface area (Å²) >= 11 is 9.15. The van der Waals surface area contributed by atoms with Gasteiger partial charge in [0.05, 0.1) is 33.7 Å². The summed E-state index contributed by atoms with van der Waals surface area (Å²) in [5.74, 6) is -0.574. The van der Waals surface area contributed by atoms with Crippen molar-refractivity contribution >= 4 is 63.6 Å². The maximum absolute atomic E-state index is 13.3. The van der Waals surface area contributed by atoms with Crippen molar-refractivity contribution in [3.8, 4) is 17.2 Å². The van der Waals surface area contributed by atoms with Gasteiger partial charge in [0.2, 0.25) is 5.60 Å². The maximum atomic E-state index is 13.3. The van der Waals surface area contributed by atoms with Crippen LogP contribution in [0.2, 0.25) is 5.02 Å². The van der Waals surface area contributed by atoms with E-state index < -0.39 is 29.7 Å². The number of phenols is 1. The van der Waals surface area contributed by atoms with Gasteiger partial charge in [-0.15, -0.1) is 22.7 Å². The number of benzene rings is 2. The molecule has 0 saturated heterocycles. The van der Waals surface area contributed by atoms with E-state index in [1.807, 2.05) is 17.8 Å². The monoisotopic (exact) mass is 814 g/mol. The molecular weight excluding hydrogens is 772 g/mol. The van der Waals surface area contributed by atoms with Crippen molar-refractivity contribution in [2.45, 2.75) is 56.1 Å². The number of ether oxygens (including phenoxy) is 4. The number of nitrogens with zero attached hydrogens (tertiary/aromatic N) is 1. The minimum Gasteiger partial charge on any atom is -0.506 e. The van der Waals surface area contributed by atoms with Crippen molar-refractivity contribution in [2.24, 2.45) is 0 Å². The molecule has 2 amide bonds. The van der Waals surface area contributed by atoms with E-state index in [0.717, 1.165) is 12.8 Å². The van der Waals surface area contributed by atoms with Crippen LogP contribution in [0.25, 0.3) is 0 Å². The van der Waals surface area contributed by atoms with E-state index in [2.05, 4.69) is 20.9 Å². The Morgan fingerprint density at radius 1 is 1.11 bits per heavy atom. The molecule has 1 aliphatic heterocycles. The number of carbonyl (C=O) groups excluding carboxylic acids is 3. The third kappa shape index (κ3) is 9.35. The number of hydrogen-bond acceptors (Lipinski definition) is 14. The minimum absolute atomic E-state index is 0.0985. The number of esters is 1. The fraction of sp³-hybridized carbons (Fsp3) is 0.395. The van der Waals surface area contributed by atoms with E-state index >= 15 is 0 Å². The minimum atomic E-state index is -1.83. The van der Waals surface area contributed by atoms with Crippen LogP contribution in [0.15, 0.2) is 59.3 Å². The maximum Gasteiger partial charge on any atom is 0.411 e. The molecule has 6 rings (SSSR count). The van der Waals surface area contributed by atoms with Crippen LogP contribution in [-0.4, -0.2) is 90.8 Å².